The molecule has 0 bridgehead atoms. The van der Waals surface area contributed by atoms with Crippen LogP contribution < -0.4 is 11.1 Å². The predicted molar refractivity (Wildman–Crippen MR) is 71.0 cm³/mol. The molecular weight excluding hydrogens is 236 g/mol. The van der Waals surface area contributed by atoms with Crippen LogP contribution in [0.15, 0.2) is 24.3 Å². The number of carbonyl (C=O) groups is 1. The molecule has 0 saturated carbocycles. The molecule has 1 atom stereocenters. The molecule has 3 nitrogen and oxygen atoms in total. The molecule has 0 aliphatic rings. The van der Waals surface area contributed by atoms with Crippen LogP contribution >= 0.6 is 11.6 Å². The van der Waals surface area contributed by atoms with Gasteiger partial charge >= 0.3 is 0 Å². The first-order valence-corrected chi connectivity index (χ1v) is 6.29. The van der Waals surface area contributed by atoms with Crippen LogP contribution in [0.2, 0.25) is 5.02 Å². The van der Waals surface area contributed by atoms with E-state index >= 15 is 0 Å². The molecule has 94 valence electrons. The number of halogens is 1. The molecule has 0 fully saturated rings. The van der Waals surface area contributed by atoms with Crippen molar-refractivity contribution in [1.82, 2.24) is 5.32 Å². The zero-order chi connectivity index (χ0) is 12.7. The standard InChI is InChI=1S/C13H19ClN2O/c1-2-3-8-16-13(17)12(15)9-10-4-6-11(14)7-5-10/h4-7,12H,2-3,8-9,15H2,1H3,(H,16,17). The maximum absolute atomic E-state index is 11.6. The highest BCUT2D eigenvalue weighted by atomic mass is 35.5. The Morgan fingerprint density at radius 3 is 2.65 bits per heavy atom. The summed E-state index contributed by atoms with van der Waals surface area (Å²) < 4.78 is 0. The van der Waals surface area contributed by atoms with Crippen molar-refractivity contribution in [3.05, 3.63) is 34.9 Å². The van der Waals surface area contributed by atoms with Crippen molar-refractivity contribution >= 4 is 17.5 Å². The van der Waals surface area contributed by atoms with E-state index in [2.05, 4.69) is 12.2 Å². The highest BCUT2D eigenvalue weighted by molar-refractivity contribution is 6.30. The van der Waals surface area contributed by atoms with Gasteiger partial charge < -0.3 is 11.1 Å². The number of amides is 1. The lowest BCUT2D eigenvalue weighted by molar-refractivity contribution is -0.122. The number of rotatable bonds is 6. The van der Waals surface area contributed by atoms with Gasteiger partial charge in [-0.25, -0.2) is 0 Å². The fourth-order valence-corrected chi connectivity index (χ4v) is 1.61. The molecule has 0 aromatic heterocycles. The third-order valence-electron chi connectivity index (χ3n) is 2.54. The van der Waals surface area contributed by atoms with Crippen LogP contribution in [-0.4, -0.2) is 18.5 Å². The summed E-state index contributed by atoms with van der Waals surface area (Å²) in [4.78, 5) is 11.6. The number of nitrogens with two attached hydrogens (primary N) is 1. The van der Waals surface area contributed by atoms with Gasteiger partial charge in [-0.2, -0.15) is 0 Å². The number of nitrogens with one attached hydrogen (secondary N) is 1. The van der Waals surface area contributed by atoms with Crippen molar-refractivity contribution in [2.24, 2.45) is 5.73 Å². The highest BCUT2D eigenvalue weighted by Gasteiger charge is 2.12. The Kier molecular flexibility index (Phi) is 6.01. The lowest BCUT2D eigenvalue weighted by Gasteiger charge is -2.12. The molecule has 1 aromatic rings. The minimum absolute atomic E-state index is 0.0894. The lowest BCUT2D eigenvalue weighted by atomic mass is 10.1. The summed E-state index contributed by atoms with van der Waals surface area (Å²) in [6.45, 7) is 2.78. The van der Waals surface area contributed by atoms with Crippen LogP contribution in [0.25, 0.3) is 0 Å². The van der Waals surface area contributed by atoms with Crippen LogP contribution in [-0.2, 0) is 11.2 Å². The SMILES string of the molecule is CCCCNC(=O)C(N)Cc1ccc(Cl)cc1. The van der Waals surface area contributed by atoms with Crippen molar-refractivity contribution in [2.75, 3.05) is 6.54 Å². The quantitative estimate of drug-likeness (QED) is 0.764. The predicted octanol–water partition coefficient (Wildman–Crippen LogP) is 2.13. The lowest BCUT2D eigenvalue weighted by Crippen LogP contribution is -2.42. The van der Waals surface area contributed by atoms with Gasteiger partial charge in [-0.3, -0.25) is 4.79 Å². The van der Waals surface area contributed by atoms with Crippen LogP contribution in [0.3, 0.4) is 0 Å². The number of hydrogen-bond acceptors (Lipinski definition) is 2. The highest BCUT2D eigenvalue weighted by Crippen LogP contribution is 2.10. The van der Waals surface area contributed by atoms with Gasteiger partial charge in [-0.15, -0.1) is 0 Å². The number of unbranched alkanes of at least 4 members (excludes halogenated alkanes) is 1. The fraction of sp³-hybridized carbons (Fsp3) is 0.462. The topological polar surface area (TPSA) is 55.1 Å². The summed E-state index contributed by atoms with van der Waals surface area (Å²) in [6.07, 6.45) is 2.58. The van der Waals surface area contributed by atoms with E-state index in [9.17, 15) is 4.79 Å². The van der Waals surface area contributed by atoms with E-state index in [-0.39, 0.29) is 5.91 Å². The van der Waals surface area contributed by atoms with Crippen molar-refractivity contribution in [1.29, 1.82) is 0 Å². The van der Waals surface area contributed by atoms with Gasteiger partial charge in [-0.1, -0.05) is 37.1 Å². The molecular formula is C13H19ClN2O. The number of carbonyl (C=O) groups excluding carboxylic acids is 1. The van der Waals surface area contributed by atoms with Crippen LogP contribution in [0.4, 0.5) is 0 Å². The Morgan fingerprint density at radius 1 is 1.41 bits per heavy atom. The largest absolute Gasteiger partial charge is 0.355 e. The van der Waals surface area contributed by atoms with Crippen molar-refractivity contribution < 1.29 is 4.79 Å². The normalized spacial score (nSPS) is 12.2. The van der Waals surface area contributed by atoms with Gasteiger partial charge in [0.2, 0.25) is 5.91 Å². The van der Waals surface area contributed by atoms with E-state index < -0.39 is 6.04 Å². The van der Waals surface area contributed by atoms with Crippen LogP contribution in [0.5, 0.6) is 0 Å². The van der Waals surface area contributed by atoms with Gasteiger partial charge in [0.15, 0.2) is 0 Å². The molecule has 17 heavy (non-hydrogen) atoms. The smallest absolute Gasteiger partial charge is 0.237 e. The van der Waals surface area contributed by atoms with E-state index in [4.69, 9.17) is 17.3 Å². The van der Waals surface area contributed by atoms with Crippen molar-refractivity contribution in [3.63, 3.8) is 0 Å². The first-order chi connectivity index (χ1) is 8.13. The molecule has 1 unspecified atom stereocenters. The molecule has 4 heteroatoms. The van der Waals surface area contributed by atoms with E-state index in [0.717, 1.165) is 18.4 Å². The average Bonchev–Trinajstić information content (AvgIpc) is 2.32. The van der Waals surface area contributed by atoms with Crippen LogP contribution in [0.1, 0.15) is 25.3 Å². The first kappa shape index (κ1) is 14.0. The van der Waals surface area contributed by atoms with E-state index in [0.29, 0.717) is 18.0 Å². The second kappa shape index (κ2) is 7.30. The van der Waals surface area contributed by atoms with Crippen molar-refractivity contribution in [2.45, 2.75) is 32.2 Å². The van der Waals surface area contributed by atoms with Gasteiger partial charge in [0.1, 0.15) is 0 Å². The number of benzene rings is 1. The molecule has 0 spiro atoms. The second-order valence-electron chi connectivity index (χ2n) is 4.08. The van der Waals surface area contributed by atoms with Crippen LogP contribution in [0, 0.1) is 0 Å². The van der Waals surface area contributed by atoms with Gasteiger partial charge in [0, 0.05) is 11.6 Å². The maximum Gasteiger partial charge on any atom is 0.237 e. The number of hydrogen-bond donors (Lipinski definition) is 2. The van der Waals surface area contributed by atoms with Gasteiger partial charge in [0.25, 0.3) is 0 Å². The molecule has 3 N–H and O–H groups in total. The van der Waals surface area contributed by atoms with E-state index in [1.165, 1.54) is 0 Å². The Bertz CT molecular complexity index is 351. The van der Waals surface area contributed by atoms with Gasteiger partial charge in [-0.05, 0) is 30.5 Å². The van der Waals surface area contributed by atoms with E-state index in [1.54, 1.807) is 12.1 Å². The van der Waals surface area contributed by atoms with Gasteiger partial charge in [0.05, 0.1) is 6.04 Å². The zero-order valence-electron chi connectivity index (χ0n) is 10.1. The molecule has 1 rings (SSSR count). The Labute approximate surface area is 107 Å². The monoisotopic (exact) mass is 254 g/mol. The molecule has 0 radical (unpaired) electrons. The summed E-state index contributed by atoms with van der Waals surface area (Å²) in [5.41, 5.74) is 6.85. The minimum atomic E-state index is -0.493. The summed E-state index contributed by atoms with van der Waals surface area (Å²) >= 11 is 5.78. The second-order valence-corrected chi connectivity index (χ2v) is 4.52. The molecule has 0 aliphatic heterocycles. The molecule has 0 heterocycles. The minimum Gasteiger partial charge on any atom is -0.355 e. The summed E-state index contributed by atoms with van der Waals surface area (Å²) in [5, 5.41) is 3.51. The first-order valence-electron chi connectivity index (χ1n) is 5.91. The third-order valence-corrected chi connectivity index (χ3v) is 2.79. The fourth-order valence-electron chi connectivity index (χ4n) is 1.49. The Hall–Kier alpha value is -1.06. The maximum atomic E-state index is 11.6. The average molecular weight is 255 g/mol. The Morgan fingerprint density at radius 2 is 2.06 bits per heavy atom. The summed E-state index contributed by atoms with van der Waals surface area (Å²) in [5.74, 6) is -0.0894. The Balaban J connectivity index is 2.40. The molecule has 0 saturated heterocycles. The molecule has 1 amide bonds. The third kappa shape index (κ3) is 5.20. The van der Waals surface area contributed by atoms with Crippen molar-refractivity contribution in [3.8, 4) is 0 Å². The molecule has 1 aromatic carbocycles. The summed E-state index contributed by atoms with van der Waals surface area (Å²) in [7, 11) is 0. The summed E-state index contributed by atoms with van der Waals surface area (Å²) in [6, 6.07) is 6.90. The molecule has 0 aliphatic carbocycles. The van der Waals surface area contributed by atoms with E-state index in [1.807, 2.05) is 12.1 Å². The zero-order valence-corrected chi connectivity index (χ0v) is 10.8.